The molecular weight excluding hydrogens is 362 g/mol. The monoisotopic (exact) mass is 379 g/mol. The van der Waals surface area contributed by atoms with Crippen molar-refractivity contribution in [3.05, 3.63) is 57.8 Å². The van der Waals surface area contributed by atoms with Gasteiger partial charge >= 0.3 is 0 Å². The number of thiophene rings is 1. The zero-order chi connectivity index (χ0) is 19.2. The van der Waals surface area contributed by atoms with Crippen LogP contribution in [0.2, 0.25) is 0 Å². The Morgan fingerprint density at radius 1 is 1.41 bits per heavy atom. The van der Waals surface area contributed by atoms with Crippen molar-refractivity contribution < 1.29 is 9.59 Å². The summed E-state index contributed by atoms with van der Waals surface area (Å²) < 4.78 is 0. The smallest absolute Gasteiger partial charge is 0.254 e. The zero-order valence-corrected chi connectivity index (χ0v) is 15.4. The lowest BCUT2D eigenvalue weighted by Crippen LogP contribution is -2.54. The maximum Gasteiger partial charge on any atom is 0.254 e. The number of hydrogen-bond acceptors (Lipinski definition) is 6. The van der Waals surface area contributed by atoms with Crippen LogP contribution in [0.1, 0.15) is 20.8 Å². The van der Waals surface area contributed by atoms with E-state index in [0.29, 0.717) is 11.1 Å². The van der Waals surface area contributed by atoms with Gasteiger partial charge in [-0.3, -0.25) is 14.5 Å². The molecule has 2 aliphatic rings. The Kier molecular flexibility index (Phi) is 3.97. The molecule has 2 unspecified atom stereocenters. The van der Waals surface area contributed by atoms with E-state index in [1.165, 1.54) is 16.2 Å². The van der Waals surface area contributed by atoms with Crippen LogP contribution in [0, 0.1) is 17.2 Å². The number of amides is 2. The van der Waals surface area contributed by atoms with Crippen LogP contribution in [0.15, 0.2) is 46.8 Å². The molecule has 2 atom stereocenters. The predicted molar refractivity (Wildman–Crippen MR) is 101 cm³/mol. The van der Waals surface area contributed by atoms with Gasteiger partial charge in [0.05, 0.1) is 24.1 Å². The molecule has 0 bridgehead atoms. The minimum atomic E-state index is -0.857. The fraction of sp³-hybridized carbons (Fsp3) is 0.263. The van der Waals surface area contributed by atoms with Gasteiger partial charge in [0.1, 0.15) is 5.54 Å². The molecule has 7 nitrogen and oxygen atoms in total. The number of aliphatic imine (C=N–C) groups is 1. The fourth-order valence-corrected chi connectivity index (χ4v) is 4.66. The maximum absolute atomic E-state index is 13.1. The summed E-state index contributed by atoms with van der Waals surface area (Å²) in [7, 11) is 1.60. The quantitative estimate of drug-likeness (QED) is 0.851. The minimum absolute atomic E-state index is 0.142. The Morgan fingerprint density at radius 3 is 2.93 bits per heavy atom. The highest BCUT2D eigenvalue weighted by molar-refractivity contribution is 7.10. The predicted octanol–water partition coefficient (Wildman–Crippen LogP) is 1.37. The van der Waals surface area contributed by atoms with Crippen LogP contribution in [0.4, 0.5) is 0 Å². The van der Waals surface area contributed by atoms with E-state index in [1.807, 2.05) is 23.6 Å². The Morgan fingerprint density at radius 2 is 2.22 bits per heavy atom. The fourth-order valence-electron chi connectivity index (χ4n) is 3.75. The molecule has 1 fully saturated rings. The molecule has 0 spiro atoms. The lowest BCUT2D eigenvalue weighted by atomic mass is 9.84. The summed E-state index contributed by atoms with van der Waals surface area (Å²) in [6.07, 6.45) is 0. The number of benzene rings is 1. The van der Waals surface area contributed by atoms with Gasteiger partial charge in [0, 0.05) is 24.0 Å². The number of carbonyl (C=O) groups is 2. The molecule has 2 amide bonds. The number of carbonyl (C=O) groups excluding carboxylic acids is 2. The van der Waals surface area contributed by atoms with Gasteiger partial charge in [-0.15, -0.1) is 11.3 Å². The number of nitrogens with two attached hydrogens (primary N) is 1. The first-order valence-corrected chi connectivity index (χ1v) is 9.30. The summed E-state index contributed by atoms with van der Waals surface area (Å²) in [5.74, 6) is -0.694. The molecule has 2 N–H and O–H groups in total. The number of guanidine groups is 1. The van der Waals surface area contributed by atoms with Crippen molar-refractivity contribution in [1.29, 1.82) is 5.26 Å². The van der Waals surface area contributed by atoms with Crippen LogP contribution < -0.4 is 5.73 Å². The second-order valence-electron chi connectivity index (χ2n) is 6.70. The highest BCUT2D eigenvalue weighted by Crippen LogP contribution is 2.45. The summed E-state index contributed by atoms with van der Waals surface area (Å²) in [6.45, 7) is 0.529. The molecule has 1 aromatic heterocycles. The summed E-state index contributed by atoms with van der Waals surface area (Å²) in [5.41, 5.74) is 5.99. The van der Waals surface area contributed by atoms with Crippen molar-refractivity contribution in [1.82, 2.24) is 9.80 Å². The second kappa shape index (κ2) is 6.21. The van der Waals surface area contributed by atoms with Crippen LogP contribution in [0.5, 0.6) is 0 Å². The Balaban J connectivity index is 1.75. The van der Waals surface area contributed by atoms with Gasteiger partial charge in [-0.2, -0.15) is 5.26 Å². The van der Waals surface area contributed by atoms with Crippen molar-refractivity contribution in [2.24, 2.45) is 16.6 Å². The summed E-state index contributed by atoms with van der Waals surface area (Å²) in [4.78, 5) is 34.5. The summed E-state index contributed by atoms with van der Waals surface area (Å²) in [5, 5.41) is 11.0. The van der Waals surface area contributed by atoms with Gasteiger partial charge in [0.15, 0.2) is 5.96 Å². The van der Waals surface area contributed by atoms with Crippen molar-refractivity contribution in [3.63, 3.8) is 0 Å². The van der Waals surface area contributed by atoms with Gasteiger partial charge in [-0.1, -0.05) is 12.1 Å². The van der Waals surface area contributed by atoms with Crippen molar-refractivity contribution in [2.45, 2.75) is 5.54 Å². The van der Waals surface area contributed by atoms with Crippen molar-refractivity contribution in [2.75, 3.05) is 20.1 Å². The first-order chi connectivity index (χ1) is 13.0. The Labute approximate surface area is 160 Å². The standard InChI is InChI=1S/C19H17N5O2S/c1-23-17(26)14-10-24(16(25)13-5-2-4-12(8-13)9-20)11-19(14,22-18(23)21)15-6-3-7-27-15/h2-8,14H,10-11H2,1H3,(H2,21,22). The molecule has 4 rings (SSSR count). The van der Waals surface area contributed by atoms with E-state index >= 15 is 0 Å². The molecule has 2 aromatic rings. The summed E-state index contributed by atoms with van der Waals surface area (Å²) >= 11 is 1.50. The third-order valence-corrected chi connectivity index (χ3v) is 6.21. The molecule has 0 aliphatic carbocycles. The normalized spacial score (nSPS) is 24.4. The zero-order valence-electron chi connectivity index (χ0n) is 14.6. The lowest BCUT2D eigenvalue weighted by molar-refractivity contribution is -0.132. The molecule has 0 saturated carbocycles. The number of hydrogen-bond donors (Lipinski definition) is 1. The molecular formula is C19H17N5O2S. The average molecular weight is 379 g/mol. The topological polar surface area (TPSA) is 103 Å². The van der Waals surface area contributed by atoms with Crippen molar-refractivity contribution in [3.8, 4) is 6.07 Å². The highest BCUT2D eigenvalue weighted by Gasteiger charge is 2.56. The Bertz CT molecular complexity index is 994. The van der Waals surface area contributed by atoms with Crippen LogP contribution in [-0.2, 0) is 10.3 Å². The molecule has 27 heavy (non-hydrogen) atoms. The first-order valence-electron chi connectivity index (χ1n) is 8.42. The SMILES string of the molecule is CN1C(=O)C2CN(C(=O)c3cccc(C#N)c3)CC2(c2cccs2)N=C1N. The van der Waals surface area contributed by atoms with E-state index in [2.05, 4.69) is 4.99 Å². The van der Waals surface area contributed by atoms with Crippen LogP contribution >= 0.6 is 11.3 Å². The average Bonchev–Trinajstić information content (AvgIpc) is 3.34. The molecule has 8 heteroatoms. The van der Waals surface area contributed by atoms with Gasteiger partial charge in [0.2, 0.25) is 5.91 Å². The van der Waals surface area contributed by atoms with E-state index in [1.54, 1.807) is 36.2 Å². The first kappa shape index (κ1) is 17.2. The van der Waals surface area contributed by atoms with Gasteiger partial charge in [-0.25, -0.2) is 4.99 Å². The molecule has 3 heterocycles. The maximum atomic E-state index is 13.1. The molecule has 136 valence electrons. The second-order valence-corrected chi connectivity index (χ2v) is 7.65. The minimum Gasteiger partial charge on any atom is -0.369 e. The van der Waals surface area contributed by atoms with Crippen LogP contribution in [0.25, 0.3) is 0 Å². The van der Waals surface area contributed by atoms with Crippen molar-refractivity contribution >= 4 is 29.1 Å². The number of fused-ring (bicyclic) bond motifs is 1. The van der Waals surface area contributed by atoms with E-state index < -0.39 is 11.5 Å². The lowest BCUT2D eigenvalue weighted by Gasteiger charge is -2.36. The van der Waals surface area contributed by atoms with E-state index in [-0.39, 0.29) is 30.9 Å². The number of rotatable bonds is 2. The number of nitrogens with zero attached hydrogens (tertiary/aromatic N) is 4. The number of likely N-dealkylation sites (tertiary alicyclic amines) is 1. The summed E-state index contributed by atoms with van der Waals surface area (Å²) in [6, 6.07) is 12.4. The molecule has 2 aliphatic heterocycles. The van der Waals surface area contributed by atoms with Gasteiger partial charge in [-0.05, 0) is 29.6 Å². The highest BCUT2D eigenvalue weighted by atomic mass is 32.1. The van der Waals surface area contributed by atoms with Gasteiger partial charge < -0.3 is 10.6 Å². The third-order valence-electron chi connectivity index (χ3n) is 5.17. The van der Waals surface area contributed by atoms with Crippen LogP contribution in [0.3, 0.4) is 0 Å². The van der Waals surface area contributed by atoms with E-state index in [0.717, 1.165) is 4.88 Å². The van der Waals surface area contributed by atoms with E-state index in [9.17, 15) is 9.59 Å². The van der Waals surface area contributed by atoms with E-state index in [4.69, 9.17) is 11.0 Å². The molecule has 1 aromatic carbocycles. The largest absolute Gasteiger partial charge is 0.369 e. The third kappa shape index (κ3) is 2.59. The molecule has 1 saturated heterocycles. The van der Waals surface area contributed by atoms with Gasteiger partial charge in [0.25, 0.3) is 5.91 Å². The molecule has 0 radical (unpaired) electrons. The van der Waals surface area contributed by atoms with Crippen LogP contribution in [-0.4, -0.2) is 47.7 Å². The Hall–Kier alpha value is -3.18. The number of nitriles is 1.